The van der Waals surface area contributed by atoms with Crippen molar-refractivity contribution >= 4 is 0 Å². The molecule has 1 saturated heterocycles. The van der Waals surface area contributed by atoms with Gasteiger partial charge >= 0.3 is 34.1 Å². The van der Waals surface area contributed by atoms with Gasteiger partial charge < -0.3 is 70.9 Å². The Bertz CT molecular complexity index is 439. The van der Waals surface area contributed by atoms with E-state index in [2.05, 4.69) is 0 Å². The van der Waals surface area contributed by atoms with E-state index in [0.29, 0.717) is 47.8 Å². The van der Waals surface area contributed by atoms with E-state index >= 15 is 0 Å². The third kappa shape index (κ3) is 12.0. The summed E-state index contributed by atoms with van der Waals surface area (Å²) in [6.45, 7) is 4.28. The maximum atomic E-state index is 5.41. The number of hydrogen-bond donors (Lipinski definition) is 0. The first kappa shape index (κ1) is 42.2. The van der Waals surface area contributed by atoms with Gasteiger partial charge in [0.25, 0.3) is 0 Å². The Labute approximate surface area is 280 Å². The second-order valence-electron chi connectivity index (χ2n) is 11.9. The van der Waals surface area contributed by atoms with Gasteiger partial charge in [0.1, 0.15) is 0 Å². The largest absolute Gasteiger partial charge is 6.00 e. The molecule has 0 bridgehead atoms. The van der Waals surface area contributed by atoms with E-state index < -0.39 is 0 Å². The first-order valence-electron chi connectivity index (χ1n) is 14.5. The van der Waals surface area contributed by atoms with Gasteiger partial charge in [-0.15, -0.1) is 50.3 Å². The van der Waals surface area contributed by atoms with Crippen LogP contribution in [0.5, 0.6) is 0 Å². The molecule has 38 heavy (non-hydrogen) atoms. The van der Waals surface area contributed by atoms with E-state index in [1.54, 1.807) is 0 Å². The van der Waals surface area contributed by atoms with Gasteiger partial charge in [-0.2, -0.15) is 0 Å². The van der Waals surface area contributed by atoms with Gasteiger partial charge in [-0.3, -0.25) is 0 Å². The van der Waals surface area contributed by atoms with Crippen LogP contribution in [0, 0.1) is 23.7 Å². The second kappa shape index (κ2) is 22.6. The molecule has 0 amide bonds. The molecule has 4 saturated carbocycles. The minimum Gasteiger partial charge on any atom is -1.00 e. The Morgan fingerprint density at radius 3 is 0.711 bits per heavy atom. The first-order valence-corrected chi connectivity index (χ1v) is 14.5. The molecule has 0 aromatic rings. The van der Waals surface area contributed by atoms with Crippen molar-refractivity contribution in [2.75, 3.05) is 26.2 Å². The molecule has 0 spiro atoms. The molecule has 8 atom stereocenters. The Kier molecular flexibility index (Phi) is 25.0. The van der Waals surface area contributed by atoms with Gasteiger partial charge in [-0.05, 0) is 0 Å². The smallest absolute Gasteiger partial charge is 1.00 e. The summed E-state index contributed by atoms with van der Waals surface area (Å²) < 4.78 is 0. The molecule has 10 heteroatoms. The standard InChI is InChI=1S/C28H48N4.4ClH.2Fe/c1-5-13-25-21(9-1)17-29-26-14-6-2-11-23(26)19-31-28-16-8-4-12-24(28)20-32-27-15-7-3-10-22(27)18-30-25;;;;;;/h21-28H,1-20H2;4*1H;;/q-4;;;;;+4;+6/p-4. The quantitative estimate of drug-likeness (QED) is 0.231. The van der Waals surface area contributed by atoms with E-state index in [1.165, 1.54) is 103 Å². The average Bonchev–Trinajstić information content (AvgIpc) is 2.85. The molecule has 4 aliphatic carbocycles. The van der Waals surface area contributed by atoms with Crippen LogP contribution in [0.4, 0.5) is 0 Å². The zero-order chi connectivity index (χ0) is 21.6. The summed E-state index contributed by atoms with van der Waals surface area (Å²) in [7, 11) is 0. The molecule has 5 rings (SSSR count). The van der Waals surface area contributed by atoms with Gasteiger partial charge in [-0.25, -0.2) is 0 Å². The third-order valence-electron chi connectivity index (χ3n) is 9.77. The summed E-state index contributed by atoms with van der Waals surface area (Å²) in [6.07, 6.45) is 21.7. The summed E-state index contributed by atoms with van der Waals surface area (Å²) in [4.78, 5) is 0. The summed E-state index contributed by atoms with van der Waals surface area (Å²) in [5.74, 6) is 2.83. The Hall–Kier alpha value is 2.04. The molecule has 1 aliphatic heterocycles. The Morgan fingerprint density at radius 1 is 0.316 bits per heavy atom. The number of fused-ring (bicyclic) bond motifs is 4. The zero-order valence-corrected chi connectivity index (χ0v) is 28.0. The van der Waals surface area contributed by atoms with E-state index in [9.17, 15) is 0 Å². The SMILES string of the molecule is C1CCC2[N-]CC3CCCCC3[N-]CC3CCCCC3[N-]CC3CCCCC3[N-]CC2C1.[Cl-].[Cl-].[Cl-].[Cl-].[Fe+4].[Fe+6]. The molecule has 0 aromatic heterocycles. The van der Waals surface area contributed by atoms with E-state index in [0.717, 1.165) is 26.2 Å². The van der Waals surface area contributed by atoms with Crippen molar-refractivity contribution in [3.63, 3.8) is 0 Å². The second-order valence-corrected chi connectivity index (χ2v) is 11.9. The number of hydrogen-bond acceptors (Lipinski definition) is 0. The van der Waals surface area contributed by atoms with Crippen molar-refractivity contribution in [2.24, 2.45) is 23.7 Å². The van der Waals surface area contributed by atoms with Crippen LogP contribution in [0.2, 0.25) is 0 Å². The Balaban J connectivity index is 0. The Morgan fingerprint density at radius 2 is 0.500 bits per heavy atom. The molecule has 0 radical (unpaired) electrons. The molecule has 5 aliphatic rings. The van der Waals surface area contributed by atoms with Crippen LogP contribution in [-0.4, -0.2) is 50.3 Å². The van der Waals surface area contributed by atoms with Crippen LogP contribution in [0.15, 0.2) is 0 Å². The molecule has 5 fully saturated rings. The summed E-state index contributed by atoms with van der Waals surface area (Å²) in [5.41, 5.74) is 0. The van der Waals surface area contributed by atoms with Crippen LogP contribution in [-0.2, 0) is 34.1 Å². The third-order valence-corrected chi connectivity index (χ3v) is 9.77. The van der Waals surface area contributed by atoms with Crippen molar-refractivity contribution in [2.45, 2.75) is 127 Å². The molecule has 222 valence electrons. The molecule has 1 heterocycles. The number of rotatable bonds is 0. The average molecular weight is 694 g/mol. The number of halogens is 4. The minimum atomic E-state index is 0. The van der Waals surface area contributed by atoms with E-state index in [1.807, 2.05) is 0 Å². The van der Waals surface area contributed by atoms with Gasteiger partial charge in [0.05, 0.1) is 0 Å². The molecule has 8 unspecified atom stereocenters. The van der Waals surface area contributed by atoms with Crippen LogP contribution in [0.1, 0.15) is 103 Å². The maximum absolute atomic E-state index is 5.41. The topological polar surface area (TPSA) is 56.4 Å². The summed E-state index contributed by atoms with van der Waals surface area (Å²) in [5, 5.41) is 21.6. The summed E-state index contributed by atoms with van der Waals surface area (Å²) in [6, 6.07) is 2.27. The fourth-order valence-corrected chi connectivity index (χ4v) is 7.65. The molecule has 4 nitrogen and oxygen atoms in total. The monoisotopic (exact) mass is 692 g/mol. The molecular weight excluding hydrogens is 646 g/mol. The van der Waals surface area contributed by atoms with Crippen molar-refractivity contribution < 1.29 is 83.8 Å². The fraction of sp³-hybridized carbons (Fsp3) is 1.00. The summed E-state index contributed by atoms with van der Waals surface area (Å²) >= 11 is 0. The normalized spacial score (nSPS) is 37.9. The van der Waals surface area contributed by atoms with Gasteiger partial charge in [0.2, 0.25) is 0 Å². The van der Waals surface area contributed by atoms with E-state index in [-0.39, 0.29) is 83.8 Å². The fourth-order valence-electron chi connectivity index (χ4n) is 7.65. The minimum absolute atomic E-state index is 0. The molecule has 0 N–H and O–H groups in total. The predicted molar refractivity (Wildman–Crippen MR) is 136 cm³/mol. The van der Waals surface area contributed by atoms with Crippen LogP contribution >= 0.6 is 0 Å². The van der Waals surface area contributed by atoms with Crippen LogP contribution in [0.25, 0.3) is 21.3 Å². The zero-order valence-electron chi connectivity index (χ0n) is 22.8. The predicted octanol–water partition coefficient (Wildman–Crippen LogP) is -4.26. The molecular formula is C28H48Cl4Fe2N4+2. The number of nitrogens with zero attached hydrogens (tertiary/aromatic N) is 4. The van der Waals surface area contributed by atoms with Gasteiger partial charge in [0.15, 0.2) is 0 Å². The first-order chi connectivity index (χ1) is 15.9. The van der Waals surface area contributed by atoms with Crippen molar-refractivity contribution in [3.8, 4) is 0 Å². The van der Waals surface area contributed by atoms with Crippen LogP contribution < -0.4 is 49.6 Å². The van der Waals surface area contributed by atoms with E-state index in [4.69, 9.17) is 21.3 Å². The van der Waals surface area contributed by atoms with Crippen molar-refractivity contribution in [1.82, 2.24) is 0 Å². The molecule has 0 aromatic carbocycles. The van der Waals surface area contributed by atoms with Gasteiger partial charge in [-0.1, -0.05) is 126 Å². The van der Waals surface area contributed by atoms with Crippen molar-refractivity contribution in [1.29, 1.82) is 0 Å². The van der Waals surface area contributed by atoms with Crippen molar-refractivity contribution in [3.05, 3.63) is 21.3 Å². The maximum Gasteiger partial charge on any atom is 6.00 e. The van der Waals surface area contributed by atoms with Gasteiger partial charge in [0, 0.05) is 0 Å². The van der Waals surface area contributed by atoms with Crippen LogP contribution in [0.3, 0.4) is 0 Å².